The number of aliphatic hydroxyl groups excluding tert-OH is 1. The average Bonchev–Trinajstić information content (AvgIpc) is 3.25. The normalized spacial score (nSPS) is 21.3. The van der Waals surface area contributed by atoms with Crippen LogP contribution in [-0.2, 0) is 66.2 Å². The third-order valence-corrected chi connectivity index (χ3v) is 9.80. The summed E-state index contributed by atoms with van der Waals surface area (Å²) in [5.74, 6) is 0. The van der Waals surface area contributed by atoms with Gasteiger partial charge in [-0.05, 0) is 34.2 Å². The van der Waals surface area contributed by atoms with E-state index in [2.05, 4.69) is 0 Å². The molecule has 3 unspecified atom stereocenters. The van der Waals surface area contributed by atoms with Crippen molar-refractivity contribution in [2.45, 2.75) is 95.3 Å². The first-order valence-corrected chi connectivity index (χ1v) is 19.5. The molecular weight excluding hydrogens is 707 g/mol. The minimum atomic E-state index is -0.930. The maximum atomic E-state index is 11.0. The monoisotopic (exact) mass is 761 g/mol. The number of benzene rings is 5. The summed E-state index contributed by atoms with van der Waals surface area (Å²) >= 11 is 0. The van der Waals surface area contributed by atoms with E-state index in [0.717, 1.165) is 27.8 Å². The van der Waals surface area contributed by atoms with E-state index in [1.54, 1.807) is 0 Å². The summed E-state index contributed by atoms with van der Waals surface area (Å²) in [4.78, 5) is 0. The van der Waals surface area contributed by atoms with Crippen LogP contribution in [0.15, 0.2) is 152 Å². The smallest absolute Gasteiger partial charge is 0.187 e. The molecule has 9 nitrogen and oxygen atoms in total. The molecule has 0 aliphatic carbocycles. The second-order valence-corrected chi connectivity index (χ2v) is 14.1. The molecule has 0 spiro atoms. The zero-order chi connectivity index (χ0) is 38.8. The van der Waals surface area contributed by atoms with Crippen LogP contribution in [0.3, 0.4) is 0 Å². The molecule has 8 atom stereocenters. The summed E-state index contributed by atoms with van der Waals surface area (Å²) in [6.07, 6.45) is -4.55. The van der Waals surface area contributed by atoms with Crippen LogP contribution in [0, 0.1) is 0 Å². The van der Waals surface area contributed by atoms with E-state index in [4.69, 9.17) is 38.9 Å². The first kappa shape index (κ1) is 41.4. The molecular formula is C47H55NO8. The molecule has 0 saturated carbocycles. The van der Waals surface area contributed by atoms with Crippen LogP contribution in [0.25, 0.3) is 0 Å². The van der Waals surface area contributed by atoms with Crippen molar-refractivity contribution < 1.29 is 38.3 Å². The lowest BCUT2D eigenvalue weighted by Gasteiger charge is -2.46. The first-order valence-electron chi connectivity index (χ1n) is 19.5. The fourth-order valence-corrected chi connectivity index (χ4v) is 6.70. The Bertz CT molecular complexity index is 1770. The van der Waals surface area contributed by atoms with Crippen molar-refractivity contribution in [2.75, 3.05) is 13.2 Å². The van der Waals surface area contributed by atoms with E-state index >= 15 is 0 Å². The lowest BCUT2D eigenvalue weighted by molar-refractivity contribution is -0.329. The van der Waals surface area contributed by atoms with E-state index in [0.29, 0.717) is 32.8 Å². The third-order valence-electron chi connectivity index (χ3n) is 9.80. The van der Waals surface area contributed by atoms with Gasteiger partial charge in [0, 0.05) is 0 Å². The Morgan fingerprint density at radius 1 is 0.536 bits per heavy atom. The topological polar surface area (TPSA) is 111 Å². The molecule has 0 amide bonds. The van der Waals surface area contributed by atoms with Crippen LogP contribution in [0.1, 0.15) is 41.2 Å². The Kier molecular flexibility index (Phi) is 16.6. The van der Waals surface area contributed by atoms with E-state index in [-0.39, 0.29) is 19.8 Å². The second-order valence-electron chi connectivity index (χ2n) is 14.1. The Morgan fingerprint density at radius 2 is 0.946 bits per heavy atom. The molecule has 296 valence electrons. The Balaban J connectivity index is 1.28. The van der Waals surface area contributed by atoms with Crippen molar-refractivity contribution in [3.8, 4) is 0 Å². The molecule has 0 radical (unpaired) electrons. The Labute approximate surface area is 331 Å². The zero-order valence-corrected chi connectivity index (χ0v) is 32.1. The van der Waals surface area contributed by atoms with Gasteiger partial charge in [-0.1, -0.05) is 159 Å². The molecule has 6 rings (SSSR count). The highest BCUT2D eigenvalue weighted by atomic mass is 16.7. The number of rotatable bonds is 22. The van der Waals surface area contributed by atoms with Gasteiger partial charge in [-0.2, -0.15) is 0 Å². The highest BCUT2D eigenvalue weighted by Crippen LogP contribution is 2.32. The van der Waals surface area contributed by atoms with Gasteiger partial charge in [0.25, 0.3) is 0 Å². The van der Waals surface area contributed by atoms with Gasteiger partial charge in [0.15, 0.2) is 6.29 Å². The molecule has 9 heteroatoms. The SMILES string of the molecule is CC[C@@H](O)[C@@H](OCc1ccccc1)[C@@H](N)CO[C@H]1OC(COCc2ccccc2)[C@H](OCc2ccccc2)C(OCc2ccccc2)C1OCc1ccccc1. The van der Waals surface area contributed by atoms with Crippen molar-refractivity contribution >= 4 is 0 Å². The van der Waals surface area contributed by atoms with E-state index in [1.807, 2.05) is 159 Å². The summed E-state index contributed by atoms with van der Waals surface area (Å²) in [5, 5.41) is 11.0. The molecule has 1 aliphatic rings. The molecule has 0 bridgehead atoms. The van der Waals surface area contributed by atoms with Crippen molar-refractivity contribution in [2.24, 2.45) is 5.73 Å². The van der Waals surface area contributed by atoms with E-state index in [1.165, 1.54) is 0 Å². The van der Waals surface area contributed by atoms with Gasteiger partial charge >= 0.3 is 0 Å². The lowest BCUT2D eigenvalue weighted by Crippen LogP contribution is -2.62. The molecule has 56 heavy (non-hydrogen) atoms. The molecule has 0 aromatic heterocycles. The Morgan fingerprint density at radius 3 is 1.41 bits per heavy atom. The number of hydrogen-bond donors (Lipinski definition) is 2. The van der Waals surface area contributed by atoms with Crippen LogP contribution in [-0.4, -0.2) is 67.3 Å². The average molecular weight is 762 g/mol. The van der Waals surface area contributed by atoms with E-state index < -0.39 is 49.0 Å². The van der Waals surface area contributed by atoms with Crippen LogP contribution >= 0.6 is 0 Å². The summed E-state index contributed by atoms with van der Waals surface area (Å²) < 4.78 is 46.3. The summed E-state index contributed by atoms with van der Waals surface area (Å²) in [6, 6.07) is 49.2. The molecule has 1 saturated heterocycles. The summed E-state index contributed by atoms with van der Waals surface area (Å²) in [7, 11) is 0. The van der Waals surface area contributed by atoms with Gasteiger partial charge in [-0.3, -0.25) is 0 Å². The van der Waals surface area contributed by atoms with Crippen LogP contribution in [0.4, 0.5) is 0 Å². The predicted molar refractivity (Wildman–Crippen MR) is 215 cm³/mol. The van der Waals surface area contributed by atoms with Gasteiger partial charge in [0.05, 0.1) is 58.4 Å². The quantitative estimate of drug-likeness (QED) is 0.0747. The van der Waals surface area contributed by atoms with Crippen LogP contribution < -0.4 is 5.73 Å². The second kappa shape index (κ2) is 22.5. The van der Waals surface area contributed by atoms with E-state index in [9.17, 15) is 5.11 Å². The van der Waals surface area contributed by atoms with Crippen molar-refractivity contribution in [3.05, 3.63) is 179 Å². The van der Waals surface area contributed by atoms with Gasteiger partial charge in [0.2, 0.25) is 0 Å². The van der Waals surface area contributed by atoms with Crippen LogP contribution in [0.5, 0.6) is 0 Å². The summed E-state index contributed by atoms with van der Waals surface area (Å²) in [6.45, 7) is 3.73. The molecule has 1 heterocycles. The number of hydrogen-bond acceptors (Lipinski definition) is 9. The summed E-state index contributed by atoms with van der Waals surface area (Å²) in [5.41, 5.74) is 11.8. The zero-order valence-electron chi connectivity index (χ0n) is 32.1. The van der Waals surface area contributed by atoms with Crippen LogP contribution in [0.2, 0.25) is 0 Å². The predicted octanol–water partition coefficient (Wildman–Crippen LogP) is 7.38. The minimum Gasteiger partial charge on any atom is -0.390 e. The fraction of sp³-hybridized carbons (Fsp3) is 0.362. The molecule has 5 aromatic rings. The highest BCUT2D eigenvalue weighted by molar-refractivity contribution is 5.17. The number of ether oxygens (including phenoxy) is 7. The maximum absolute atomic E-state index is 11.0. The third kappa shape index (κ3) is 12.6. The van der Waals surface area contributed by atoms with Gasteiger partial charge in [-0.15, -0.1) is 0 Å². The van der Waals surface area contributed by atoms with Gasteiger partial charge in [0.1, 0.15) is 30.5 Å². The lowest BCUT2D eigenvalue weighted by atomic mass is 9.97. The molecule has 1 fully saturated rings. The maximum Gasteiger partial charge on any atom is 0.187 e. The molecule has 1 aliphatic heterocycles. The standard InChI is InChI=1S/C47H55NO8/c1-2-41(49)43(51-29-36-20-10-4-11-21-36)40(48)33-55-47-46(54-32-39-26-16-7-17-27-39)45(53-31-38-24-14-6-15-25-38)44(52-30-37-22-12-5-13-23-37)42(56-47)34-50-28-35-18-8-3-9-19-35/h3-27,40-47,49H,2,28-34,48H2,1H3/t40-,41+,42?,43-,44-,45?,46?,47-/m0/s1. The molecule has 3 N–H and O–H groups in total. The van der Waals surface area contributed by atoms with Gasteiger partial charge in [-0.25, -0.2) is 0 Å². The molecule has 5 aromatic carbocycles. The first-order chi connectivity index (χ1) is 27.6. The largest absolute Gasteiger partial charge is 0.390 e. The number of nitrogens with two attached hydrogens (primary N) is 1. The highest BCUT2D eigenvalue weighted by Gasteiger charge is 2.49. The number of aliphatic hydroxyl groups is 1. The minimum absolute atomic E-state index is 0.0188. The fourth-order valence-electron chi connectivity index (χ4n) is 6.70. The van der Waals surface area contributed by atoms with Crippen molar-refractivity contribution in [1.82, 2.24) is 0 Å². The Hall–Kier alpha value is -4.26. The van der Waals surface area contributed by atoms with Crippen molar-refractivity contribution in [1.29, 1.82) is 0 Å². The van der Waals surface area contributed by atoms with Gasteiger partial charge < -0.3 is 44.0 Å². The van der Waals surface area contributed by atoms with Crippen molar-refractivity contribution in [3.63, 3.8) is 0 Å².